The van der Waals surface area contributed by atoms with Gasteiger partial charge in [-0.1, -0.05) is 30.3 Å². The summed E-state index contributed by atoms with van der Waals surface area (Å²) in [7, 11) is 1.55. The molecule has 31 heavy (non-hydrogen) atoms. The van der Waals surface area contributed by atoms with Gasteiger partial charge in [0.2, 0.25) is 17.7 Å². The number of hydrogen-bond donors (Lipinski definition) is 1. The lowest BCUT2D eigenvalue weighted by molar-refractivity contribution is -0.128. The van der Waals surface area contributed by atoms with Crippen molar-refractivity contribution < 1.29 is 19.1 Å². The maximum Gasteiger partial charge on any atom is 0.229 e. The molecule has 1 N–H and O–H groups in total. The van der Waals surface area contributed by atoms with Gasteiger partial charge in [-0.15, -0.1) is 0 Å². The molecule has 2 aromatic carbocycles. The first-order valence-corrected chi connectivity index (χ1v) is 10.7. The van der Waals surface area contributed by atoms with Crippen molar-refractivity contribution in [3.8, 4) is 5.75 Å². The number of amides is 3. The van der Waals surface area contributed by atoms with Crippen LogP contribution in [0.4, 0.5) is 11.4 Å². The van der Waals surface area contributed by atoms with Crippen molar-refractivity contribution in [3.63, 3.8) is 0 Å². The Kier molecular flexibility index (Phi) is 6.21. The molecule has 2 fully saturated rings. The van der Waals surface area contributed by atoms with Gasteiger partial charge >= 0.3 is 0 Å². The van der Waals surface area contributed by atoms with E-state index in [1.54, 1.807) is 35.1 Å². The van der Waals surface area contributed by atoms with Gasteiger partial charge < -0.3 is 19.9 Å². The van der Waals surface area contributed by atoms with Crippen LogP contribution in [-0.2, 0) is 20.8 Å². The van der Waals surface area contributed by atoms with E-state index in [0.717, 1.165) is 12.8 Å². The highest BCUT2D eigenvalue weighted by Crippen LogP contribution is 2.34. The van der Waals surface area contributed by atoms with Gasteiger partial charge in [-0.3, -0.25) is 14.4 Å². The van der Waals surface area contributed by atoms with Gasteiger partial charge in [0.15, 0.2) is 0 Å². The van der Waals surface area contributed by atoms with E-state index in [1.807, 2.05) is 30.3 Å². The van der Waals surface area contributed by atoms with Crippen LogP contribution in [0.2, 0.25) is 0 Å². The largest absolute Gasteiger partial charge is 0.494 e. The van der Waals surface area contributed by atoms with Gasteiger partial charge in [0.1, 0.15) is 5.75 Å². The topological polar surface area (TPSA) is 79.0 Å². The molecule has 7 nitrogen and oxygen atoms in total. The zero-order valence-corrected chi connectivity index (χ0v) is 17.7. The summed E-state index contributed by atoms with van der Waals surface area (Å²) in [6, 6.07) is 15.3. The minimum Gasteiger partial charge on any atom is -0.494 e. The first-order valence-electron chi connectivity index (χ1n) is 10.7. The van der Waals surface area contributed by atoms with Crippen molar-refractivity contribution in [2.24, 2.45) is 5.92 Å². The molecule has 7 heteroatoms. The SMILES string of the molecule is COc1cc(NC(=O)C2CC(=O)N(CCc3ccccc3)C2)ccc1N1CCCC1=O. The number of hydrogen-bond acceptors (Lipinski definition) is 4. The molecule has 1 atom stereocenters. The molecule has 2 aliphatic heterocycles. The van der Waals surface area contributed by atoms with Crippen LogP contribution < -0.4 is 15.0 Å². The van der Waals surface area contributed by atoms with E-state index in [9.17, 15) is 14.4 Å². The Morgan fingerprint density at radius 2 is 1.94 bits per heavy atom. The molecule has 3 amide bonds. The Balaban J connectivity index is 1.37. The van der Waals surface area contributed by atoms with Gasteiger partial charge in [-0.2, -0.15) is 0 Å². The van der Waals surface area contributed by atoms with Crippen molar-refractivity contribution in [1.29, 1.82) is 0 Å². The molecule has 0 saturated carbocycles. The van der Waals surface area contributed by atoms with Gasteiger partial charge in [0, 0.05) is 44.2 Å². The van der Waals surface area contributed by atoms with Gasteiger partial charge in [0.25, 0.3) is 0 Å². The Bertz CT molecular complexity index is 976. The molecule has 4 rings (SSSR count). The van der Waals surface area contributed by atoms with E-state index in [0.29, 0.717) is 43.2 Å². The summed E-state index contributed by atoms with van der Waals surface area (Å²) in [5, 5.41) is 2.90. The van der Waals surface area contributed by atoms with Crippen LogP contribution in [0.25, 0.3) is 0 Å². The van der Waals surface area contributed by atoms with Crippen LogP contribution in [-0.4, -0.2) is 49.4 Å². The monoisotopic (exact) mass is 421 g/mol. The second kappa shape index (κ2) is 9.20. The molecular formula is C24H27N3O4. The van der Waals surface area contributed by atoms with Crippen LogP contribution in [0, 0.1) is 5.92 Å². The molecular weight excluding hydrogens is 394 g/mol. The number of likely N-dealkylation sites (tertiary alicyclic amines) is 1. The van der Waals surface area contributed by atoms with Gasteiger partial charge in [-0.05, 0) is 30.5 Å². The maximum atomic E-state index is 12.8. The molecule has 0 radical (unpaired) electrons. The Labute approximate surface area is 182 Å². The van der Waals surface area contributed by atoms with E-state index < -0.39 is 0 Å². The quantitative estimate of drug-likeness (QED) is 0.746. The molecule has 0 aromatic heterocycles. The van der Waals surface area contributed by atoms with Crippen molar-refractivity contribution >= 4 is 29.1 Å². The first kappa shape index (κ1) is 20.9. The summed E-state index contributed by atoms with van der Waals surface area (Å²) in [4.78, 5) is 40.7. The lowest BCUT2D eigenvalue weighted by Crippen LogP contribution is -2.30. The summed E-state index contributed by atoms with van der Waals surface area (Å²) in [6.07, 6.45) is 2.36. The average molecular weight is 421 g/mol. The molecule has 2 saturated heterocycles. The zero-order valence-electron chi connectivity index (χ0n) is 17.7. The molecule has 2 aliphatic rings. The molecule has 0 spiro atoms. The summed E-state index contributed by atoms with van der Waals surface area (Å²) in [5.41, 5.74) is 2.48. The third-order valence-electron chi connectivity index (χ3n) is 5.91. The van der Waals surface area contributed by atoms with Crippen molar-refractivity contribution in [2.75, 3.05) is 37.0 Å². The highest BCUT2D eigenvalue weighted by atomic mass is 16.5. The third kappa shape index (κ3) is 4.71. The molecule has 2 heterocycles. The van der Waals surface area contributed by atoms with Crippen molar-refractivity contribution in [3.05, 3.63) is 54.1 Å². The Morgan fingerprint density at radius 3 is 2.65 bits per heavy atom. The van der Waals surface area contributed by atoms with Crippen molar-refractivity contribution in [1.82, 2.24) is 4.90 Å². The van der Waals surface area contributed by atoms with E-state index in [-0.39, 0.29) is 30.1 Å². The minimum absolute atomic E-state index is 0.0107. The molecule has 1 unspecified atom stereocenters. The van der Waals surface area contributed by atoms with Crippen LogP contribution in [0.1, 0.15) is 24.8 Å². The van der Waals surface area contributed by atoms with E-state index in [1.165, 1.54) is 5.56 Å². The maximum absolute atomic E-state index is 12.8. The average Bonchev–Trinajstić information content (AvgIpc) is 3.38. The third-order valence-corrected chi connectivity index (χ3v) is 5.91. The number of benzene rings is 2. The number of carbonyl (C=O) groups is 3. The number of nitrogens with one attached hydrogen (secondary N) is 1. The van der Waals surface area contributed by atoms with E-state index in [2.05, 4.69) is 5.32 Å². The van der Waals surface area contributed by atoms with Crippen LogP contribution in [0.15, 0.2) is 48.5 Å². The second-order valence-corrected chi connectivity index (χ2v) is 8.00. The first-order chi connectivity index (χ1) is 15.0. The number of methoxy groups -OCH3 is 1. The number of anilines is 2. The summed E-state index contributed by atoms with van der Waals surface area (Å²) in [5.74, 6) is 0.0726. The predicted octanol–water partition coefficient (Wildman–Crippen LogP) is 2.85. The summed E-state index contributed by atoms with van der Waals surface area (Å²) in [6.45, 7) is 1.71. The number of rotatable bonds is 7. The highest BCUT2D eigenvalue weighted by molar-refractivity contribution is 5.99. The normalized spacial score (nSPS) is 18.5. The Morgan fingerprint density at radius 1 is 1.13 bits per heavy atom. The highest BCUT2D eigenvalue weighted by Gasteiger charge is 2.34. The number of ether oxygens (including phenoxy) is 1. The van der Waals surface area contributed by atoms with Crippen LogP contribution in [0.3, 0.4) is 0 Å². The van der Waals surface area contributed by atoms with Gasteiger partial charge in [-0.25, -0.2) is 0 Å². The lowest BCUT2D eigenvalue weighted by Gasteiger charge is -2.20. The van der Waals surface area contributed by atoms with Crippen LogP contribution in [0.5, 0.6) is 5.75 Å². The summed E-state index contributed by atoms with van der Waals surface area (Å²) >= 11 is 0. The van der Waals surface area contributed by atoms with Crippen molar-refractivity contribution in [2.45, 2.75) is 25.7 Å². The lowest BCUT2D eigenvalue weighted by atomic mass is 10.1. The minimum atomic E-state index is -0.380. The fourth-order valence-corrected chi connectivity index (χ4v) is 4.20. The van der Waals surface area contributed by atoms with E-state index in [4.69, 9.17) is 4.74 Å². The molecule has 162 valence electrons. The number of nitrogens with zero attached hydrogens (tertiary/aromatic N) is 2. The van der Waals surface area contributed by atoms with Gasteiger partial charge in [0.05, 0.1) is 18.7 Å². The molecule has 0 aliphatic carbocycles. The second-order valence-electron chi connectivity index (χ2n) is 8.00. The summed E-state index contributed by atoms with van der Waals surface area (Å²) < 4.78 is 5.45. The predicted molar refractivity (Wildman–Crippen MR) is 118 cm³/mol. The fraction of sp³-hybridized carbons (Fsp3) is 0.375. The Hall–Kier alpha value is -3.35. The smallest absolute Gasteiger partial charge is 0.229 e. The zero-order chi connectivity index (χ0) is 21.8. The fourth-order valence-electron chi connectivity index (χ4n) is 4.20. The standard InChI is InChI=1S/C24H27N3O4/c1-31-21-15-19(9-10-20(21)27-12-5-8-22(27)28)25-24(30)18-14-23(29)26(16-18)13-11-17-6-3-2-4-7-17/h2-4,6-7,9-10,15,18H,5,8,11-14,16H2,1H3,(H,25,30). The molecule has 0 bridgehead atoms. The van der Waals surface area contributed by atoms with Crippen LogP contribution >= 0.6 is 0 Å². The molecule has 2 aromatic rings. The van der Waals surface area contributed by atoms with E-state index >= 15 is 0 Å². The number of carbonyl (C=O) groups excluding carboxylic acids is 3.